The first-order valence-corrected chi connectivity index (χ1v) is 10.7. The normalized spacial score (nSPS) is 15.5. The van der Waals surface area contributed by atoms with Crippen molar-refractivity contribution >= 4 is 52.9 Å². The van der Waals surface area contributed by atoms with Gasteiger partial charge < -0.3 is 25.4 Å². The predicted octanol–water partition coefficient (Wildman–Crippen LogP) is 2.94. The van der Waals surface area contributed by atoms with Gasteiger partial charge in [-0.3, -0.25) is 4.79 Å². The maximum atomic E-state index is 12.2. The van der Waals surface area contributed by atoms with Gasteiger partial charge in [-0.25, -0.2) is 4.99 Å². The van der Waals surface area contributed by atoms with Gasteiger partial charge >= 0.3 is 0 Å². The molecule has 0 saturated heterocycles. The van der Waals surface area contributed by atoms with Gasteiger partial charge in [0.05, 0.1) is 12.2 Å². The Labute approximate surface area is 198 Å². The number of hydrogen-bond donors (Lipinski definition) is 3. The minimum atomic E-state index is -1.01. The standard InChI is InChI=1S/C21H28N4O3S.HI/c1-3-22-20(24-15-21(2,27)16-9-12-29-14-16)23-10-6-11-25-17-7-4-5-8-18(17)28-13-19(25)26;/h4-5,7-9,12,14,27H,3,6,10-11,13,15H2,1-2H3,(H2,22,23,24);1H. The van der Waals surface area contributed by atoms with Crippen molar-refractivity contribution in [2.75, 3.05) is 37.7 Å². The zero-order valence-corrected chi connectivity index (χ0v) is 20.4. The highest BCUT2D eigenvalue weighted by Gasteiger charge is 2.25. The summed E-state index contributed by atoms with van der Waals surface area (Å²) >= 11 is 1.56. The Morgan fingerprint density at radius 3 is 2.87 bits per heavy atom. The number of thiophene rings is 1. The lowest BCUT2D eigenvalue weighted by Gasteiger charge is -2.29. The summed E-state index contributed by atoms with van der Waals surface area (Å²) in [5.41, 5.74) is 0.675. The summed E-state index contributed by atoms with van der Waals surface area (Å²) in [6, 6.07) is 9.50. The quantitative estimate of drug-likeness (QED) is 0.206. The van der Waals surface area contributed by atoms with Crippen molar-refractivity contribution in [1.82, 2.24) is 10.6 Å². The average Bonchev–Trinajstić information content (AvgIpc) is 3.26. The fourth-order valence-corrected chi connectivity index (χ4v) is 3.86. The van der Waals surface area contributed by atoms with Crippen molar-refractivity contribution in [1.29, 1.82) is 0 Å². The van der Waals surface area contributed by atoms with Crippen molar-refractivity contribution < 1.29 is 14.6 Å². The molecule has 0 spiro atoms. The van der Waals surface area contributed by atoms with Crippen LogP contribution in [0.15, 0.2) is 46.1 Å². The Morgan fingerprint density at radius 1 is 1.33 bits per heavy atom. The molecule has 30 heavy (non-hydrogen) atoms. The number of carbonyl (C=O) groups excluding carboxylic acids is 1. The third kappa shape index (κ3) is 6.32. The van der Waals surface area contributed by atoms with E-state index < -0.39 is 5.60 Å². The SMILES string of the molecule is CCNC(=NCC(C)(O)c1ccsc1)NCCCN1C(=O)COc2ccccc21.I. The highest BCUT2D eigenvalue weighted by molar-refractivity contribution is 14.0. The molecule has 1 aromatic carbocycles. The van der Waals surface area contributed by atoms with Crippen LogP contribution >= 0.6 is 35.3 Å². The smallest absolute Gasteiger partial charge is 0.265 e. The van der Waals surface area contributed by atoms with Gasteiger partial charge in [0.25, 0.3) is 5.91 Å². The van der Waals surface area contributed by atoms with Gasteiger partial charge in [-0.2, -0.15) is 11.3 Å². The number of carbonyl (C=O) groups is 1. The van der Waals surface area contributed by atoms with Gasteiger partial charge in [0, 0.05) is 19.6 Å². The molecule has 0 aliphatic carbocycles. The molecule has 0 fully saturated rings. The van der Waals surface area contributed by atoms with E-state index in [1.807, 2.05) is 48.0 Å². The first-order valence-electron chi connectivity index (χ1n) is 9.80. The van der Waals surface area contributed by atoms with Crippen molar-refractivity contribution in [2.24, 2.45) is 4.99 Å². The highest BCUT2D eigenvalue weighted by Crippen LogP contribution is 2.31. The number of nitrogens with one attached hydrogen (secondary N) is 2. The molecule has 2 aromatic rings. The van der Waals surface area contributed by atoms with Gasteiger partial charge in [-0.15, -0.1) is 24.0 Å². The molecule has 164 valence electrons. The van der Waals surface area contributed by atoms with Crippen molar-refractivity contribution in [2.45, 2.75) is 25.9 Å². The Balaban J connectivity index is 0.00000320. The van der Waals surface area contributed by atoms with E-state index in [0.29, 0.717) is 19.0 Å². The molecule has 1 aromatic heterocycles. The Morgan fingerprint density at radius 2 is 2.13 bits per heavy atom. The number of rotatable bonds is 8. The number of amides is 1. The van der Waals surface area contributed by atoms with Crippen LogP contribution in [0.4, 0.5) is 5.69 Å². The average molecular weight is 544 g/mol. The van der Waals surface area contributed by atoms with E-state index in [-0.39, 0.29) is 43.0 Å². The second kappa shape index (κ2) is 11.5. The molecule has 0 saturated carbocycles. The van der Waals surface area contributed by atoms with E-state index in [9.17, 15) is 9.90 Å². The van der Waals surface area contributed by atoms with E-state index in [2.05, 4.69) is 15.6 Å². The summed E-state index contributed by atoms with van der Waals surface area (Å²) in [4.78, 5) is 18.5. The Kier molecular flexibility index (Phi) is 9.37. The minimum Gasteiger partial charge on any atom is -0.482 e. The molecule has 1 amide bonds. The lowest BCUT2D eigenvalue weighted by molar-refractivity contribution is -0.121. The zero-order chi connectivity index (χ0) is 20.7. The zero-order valence-electron chi connectivity index (χ0n) is 17.3. The number of benzene rings is 1. The first-order chi connectivity index (χ1) is 14.0. The summed E-state index contributed by atoms with van der Waals surface area (Å²) < 4.78 is 5.48. The van der Waals surface area contributed by atoms with Gasteiger partial charge in [0.1, 0.15) is 11.4 Å². The number of nitrogens with zero attached hydrogens (tertiary/aromatic N) is 2. The summed E-state index contributed by atoms with van der Waals surface area (Å²) in [6.45, 7) is 6.07. The van der Waals surface area contributed by atoms with E-state index in [1.165, 1.54) is 0 Å². The van der Waals surface area contributed by atoms with E-state index in [4.69, 9.17) is 4.74 Å². The number of anilines is 1. The maximum absolute atomic E-state index is 12.2. The third-order valence-corrected chi connectivity index (χ3v) is 5.37. The predicted molar refractivity (Wildman–Crippen MR) is 132 cm³/mol. The summed E-state index contributed by atoms with van der Waals surface area (Å²) in [7, 11) is 0. The number of aliphatic hydroxyl groups is 1. The second-order valence-corrected chi connectivity index (χ2v) is 7.84. The van der Waals surface area contributed by atoms with Crippen molar-refractivity contribution in [3.63, 3.8) is 0 Å². The van der Waals surface area contributed by atoms with Crippen LogP contribution in [0.1, 0.15) is 25.8 Å². The minimum absolute atomic E-state index is 0. The van der Waals surface area contributed by atoms with Crippen LogP contribution in [0, 0.1) is 0 Å². The summed E-state index contributed by atoms with van der Waals surface area (Å²) in [5.74, 6) is 1.36. The van der Waals surface area contributed by atoms with Gasteiger partial charge in [0.15, 0.2) is 12.6 Å². The highest BCUT2D eigenvalue weighted by atomic mass is 127. The number of fused-ring (bicyclic) bond motifs is 1. The first kappa shape index (κ1) is 24.4. The molecule has 2 heterocycles. The number of guanidine groups is 1. The lowest BCUT2D eigenvalue weighted by Crippen LogP contribution is -2.42. The number of ether oxygens (including phenoxy) is 1. The molecule has 1 unspecified atom stereocenters. The molecule has 0 bridgehead atoms. The van der Waals surface area contributed by atoms with Crippen molar-refractivity contribution in [3.05, 3.63) is 46.7 Å². The van der Waals surface area contributed by atoms with Gasteiger partial charge in [-0.1, -0.05) is 12.1 Å². The lowest BCUT2D eigenvalue weighted by atomic mass is 10.00. The molecular weight excluding hydrogens is 515 g/mol. The molecular formula is C21H29IN4O3S. The molecule has 0 radical (unpaired) electrons. The van der Waals surface area contributed by atoms with Crippen LogP contribution in [0.2, 0.25) is 0 Å². The fourth-order valence-electron chi connectivity index (χ4n) is 3.08. The molecule has 9 heteroatoms. The van der Waals surface area contributed by atoms with Crippen LogP contribution in [0.3, 0.4) is 0 Å². The van der Waals surface area contributed by atoms with Crippen LogP contribution in [0.25, 0.3) is 0 Å². The van der Waals surface area contributed by atoms with Crippen LogP contribution < -0.4 is 20.3 Å². The third-order valence-electron chi connectivity index (χ3n) is 4.69. The van der Waals surface area contributed by atoms with Crippen LogP contribution in [-0.2, 0) is 10.4 Å². The molecule has 7 nitrogen and oxygen atoms in total. The molecule has 1 aliphatic rings. The Bertz CT molecular complexity index is 843. The largest absolute Gasteiger partial charge is 0.482 e. The van der Waals surface area contributed by atoms with Crippen molar-refractivity contribution in [3.8, 4) is 5.75 Å². The fraction of sp³-hybridized carbons (Fsp3) is 0.429. The molecule has 3 rings (SSSR count). The number of halogens is 1. The number of para-hydroxylation sites is 2. The van der Waals surface area contributed by atoms with Gasteiger partial charge in [0.2, 0.25) is 0 Å². The van der Waals surface area contributed by atoms with Crippen LogP contribution in [0.5, 0.6) is 5.75 Å². The van der Waals surface area contributed by atoms with Gasteiger partial charge in [-0.05, 0) is 54.8 Å². The van der Waals surface area contributed by atoms with E-state index in [1.54, 1.807) is 23.2 Å². The Hall–Kier alpha value is -1.85. The van der Waals surface area contributed by atoms with E-state index >= 15 is 0 Å². The summed E-state index contributed by atoms with van der Waals surface area (Å²) in [6.07, 6.45) is 0.755. The number of hydrogen-bond acceptors (Lipinski definition) is 5. The second-order valence-electron chi connectivity index (χ2n) is 7.06. The number of aliphatic imine (C=N–C) groups is 1. The summed E-state index contributed by atoms with van der Waals surface area (Å²) in [5, 5.41) is 21.0. The molecule has 1 aliphatic heterocycles. The molecule has 3 N–H and O–H groups in total. The molecule has 1 atom stereocenters. The van der Waals surface area contributed by atoms with Crippen LogP contribution in [-0.4, -0.2) is 49.8 Å². The topological polar surface area (TPSA) is 86.2 Å². The maximum Gasteiger partial charge on any atom is 0.265 e. The monoisotopic (exact) mass is 544 g/mol. The van der Waals surface area contributed by atoms with E-state index in [0.717, 1.165) is 30.0 Å².